The van der Waals surface area contributed by atoms with Crippen LogP contribution in [0.15, 0.2) is 47.4 Å². The van der Waals surface area contributed by atoms with E-state index in [1.54, 1.807) is 30.3 Å². The highest BCUT2D eigenvalue weighted by Crippen LogP contribution is 2.22. The highest BCUT2D eigenvalue weighted by atomic mass is 35.5. The van der Waals surface area contributed by atoms with E-state index in [1.165, 1.54) is 12.1 Å². The summed E-state index contributed by atoms with van der Waals surface area (Å²) in [6.07, 6.45) is 0. The Morgan fingerprint density at radius 2 is 1.96 bits per heavy atom. The predicted molar refractivity (Wildman–Crippen MR) is 89.5 cm³/mol. The Morgan fingerprint density at radius 3 is 2.74 bits per heavy atom. The molecule has 6 nitrogen and oxygen atoms in total. The number of nitrogens with one attached hydrogen (secondary N) is 1. The Balaban J connectivity index is 1.83. The predicted octanol–water partition coefficient (Wildman–Crippen LogP) is 2.76. The molecule has 0 saturated heterocycles. The summed E-state index contributed by atoms with van der Waals surface area (Å²) in [5.74, 6) is -1.33. The van der Waals surface area contributed by atoms with Gasteiger partial charge in [-0.2, -0.15) is 8.75 Å². The highest BCUT2D eigenvalue weighted by Gasteiger charge is 2.23. The van der Waals surface area contributed by atoms with E-state index in [2.05, 4.69) is 14.1 Å². The lowest BCUT2D eigenvalue weighted by molar-refractivity contribution is -0.113. The van der Waals surface area contributed by atoms with Gasteiger partial charge in [0.25, 0.3) is 0 Å². The first-order valence-corrected chi connectivity index (χ1v) is 9.21. The molecule has 3 rings (SSSR count). The molecule has 0 aliphatic carbocycles. The fraction of sp³-hybridized carbons (Fsp3) is 0.0714. The van der Waals surface area contributed by atoms with Crippen LogP contribution in [0, 0.1) is 0 Å². The lowest BCUT2D eigenvalue weighted by atomic mass is 10.3. The third kappa shape index (κ3) is 3.49. The number of hydrogen-bond donors (Lipinski definition) is 1. The van der Waals surface area contributed by atoms with Crippen molar-refractivity contribution >= 4 is 55.8 Å². The number of carbonyl (C=O) groups excluding carboxylic acids is 1. The molecular formula is C14H10ClN3O3S2. The minimum Gasteiger partial charge on any atom is -0.325 e. The Kier molecular flexibility index (Phi) is 4.29. The summed E-state index contributed by atoms with van der Waals surface area (Å²) in [6.45, 7) is 0. The van der Waals surface area contributed by atoms with Gasteiger partial charge in [0.2, 0.25) is 5.91 Å². The maximum Gasteiger partial charge on any atom is 0.239 e. The molecule has 0 saturated carbocycles. The van der Waals surface area contributed by atoms with Gasteiger partial charge in [-0.1, -0.05) is 23.7 Å². The van der Waals surface area contributed by atoms with E-state index >= 15 is 0 Å². The molecule has 1 amide bonds. The Hall–Kier alpha value is -2.03. The number of carbonyl (C=O) groups is 1. The number of anilines is 1. The second kappa shape index (κ2) is 6.23. The van der Waals surface area contributed by atoms with Crippen LogP contribution in [0.5, 0.6) is 0 Å². The van der Waals surface area contributed by atoms with Crippen molar-refractivity contribution < 1.29 is 13.2 Å². The molecule has 23 heavy (non-hydrogen) atoms. The minimum atomic E-state index is -3.83. The van der Waals surface area contributed by atoms with E-state index in [9.17, 15) is 13.2 Å². The maximum atomic E-state index is 12.5. The van der Waals surface area contributed by atoms with Gasteiger partial charge < -0.3 is 5.32 Å². The summed E-state index contributed by atoms with van der Waals surface area (Å²) >= 11 is 6.75. The van der Waals surface area contributed by atoms with Crippen molar-refractivity contribution in [2.75, 3.05) is 11.1 Å². The van der Waals surface area contributed by atoms with Crippen molar-refractivity contribution in [1.82, 2.24) is 8.75 Å². The zero-order valence-electron chi connectivity index (χ0n) is 11.6. The molecule has 0 spiro atoms. The average molecular weight is 368 g/mol. The van der Waals surface area contributed by atoms with Crippen molar-refractivity contribution in [1.29, 1.82) is 0 Å². The minimum absolute atomic E-state index is 0.00462. The number of aromatic nitrogens is 2. The lowest BCUT2D eigenvalue weighted by Gasteiger charge is -2.07. The second-order valence-corrected chi connectivity index (χ2v) is 7.63. The first-order chi connectivity index (χ1) is 11.0. The molecule has 0 aliphatic rings. The van der Waals surface area contributed by atoms with Gasteiger partial charge >= 0.3 is 0 Å². The quantitative estimate of drug-likeness (QED) is 0.765. The van der Waals surface area contributed by atoms with Gasteiger partial charge in [-0.15, -0.1) is 0 Å². The van der Waals surface area contributed by atoms with Crippen molar-refractivity contribution in [3.63, 3.8) is 0 Å². The van der Waals surface area contributed by atoms with E-state index in [4.69, 9.17) is 11.6 Å². The highest BCUT2D eigenvalue weighted by molar-refractivity contribution is 7.92. The van der Waals surface area contributed by atoms with Crippen molar-refractivity contribution in [3.05, 3.63) is 47.5 Å². The first-order valence-electron chi connectivity index (χ1n) is 6.45. The van der Waals surface area contributed by atoms with Gasteiger partial charge in [-0.05, 0) is 30.3 Å². The smallest absolute Gasteiger partial charge is 0.239 e. The number of fused-ring (bicyclic) bond motifs is 1. The summed E-state index contributed by atoms with van der Waals surface area (Å²) in [7, 11) is -3.83. The van der Waals surface area contributed by atoms with Crippen LogP contribution in [0.1, 0.15) is 0 Å². The van der Waals surface area contributed by atoms with Gasteiger partial charge in [-0.25, -0.2) is 8.42 Å². The summed E-state index contributed by atoms with van der Waals surface area (Å²) in [4.78, 5) is 12.0. The molecule has 1 N–H and O–H groups in total. The third-order valence-corrected chi connectivity index (χ3v) is 5.43. The fourth-order valence-corrected chi connectivity index (χ4v) is 4.15. The Bertz CT molecular complexity index is 986. The van der Waals surface area contributed by atoms with E-state index in [1.807, 2.05) is 0 Å². The largest absolute Gasteiger partial charge is 0.325 e. The molecule has 118 valence electrons. The van der Waals surface area contributed by atoms with E-state index in [0.29, 0.717) is 16.2 Å². The molecule has 0 bridgehead atoms. The van der Waals surface area contributed by atoms with Crippen LogP contribution >= 0.6 is 23.3 Å². The number of nitrogens with zero attached hydrogens (tertiary/aromatic N) is 2. The van der Waals surface area contributed by atoms with Crippen LogP contribution in [0.2, 0.25) is 5.02 Å². The zero-order valence-corrected chi connectivity index (χ0v) is 14.0. The molecule has 1 aromatic heterocycles. The van der Waals surface area contributed by atoms with Crippen LogP contribution < -0.4 is 5.32 Å². The fourth-order valence-electron chi connectivity index (χ4n) is 2.05. The molecule has 0 radical (unpaired) electrons. The number of rotatable bonds is 4. The van der Waals surface area contributed by atoms with Crippen LogP contribution in [0.3, 0.4) is 0 Å². The number of halogens is 1. The number of hydrogen-bond acceptors (Lipinski definition) is 6. The number of benzene rings is 2. The van der Waals surface area contributed by atoms with Crippen LogP contribution in [-0.2, 0) is 14.6 Å². The molecule has 3 aromatic rings. The molecular weight excluding hydrogens is 358 g/mol. The van der Waals surface area contributed by atoms with Crippen molar-refractivity contribution in [2.45, 2.75) is 4.90 Å². The summed E-state index contributed by atoms with van der Waals surface area (Å²) in [6, 6.07) is 11.2. The third-order valence-electron chi connectivity index (χ3n) is 3.01. The van der Waals surface area contributed by atoms with Crippen molar-refractivity contribution in [2.24, 2.45) is 0 Å². The first kappa shape index (κ1) is 15.9. The van der Waals surface area contributed by atoms with E-state index in [0.717, 1.165) is 11.7 Å². The number of amides is 1. The molecule has 9 heteroatoms. The van der Waals surface area contributed by atoms with E-state index in [-0.39, 0.29) is 10.4 Å². The monoisotopic (exact) mass is 367 g/mol. The zero-order chi connectivity index (χ0) is 16.4. The lowest BCUT2D eigenvalue weighted by Crippen LogP contribution is -2.23. The summed E-state index contributed by atoms with van der Waals surface area (Å²) in [5.41, 5.74) is 1.21. The topological polar surface area (TPSA) is 89.0 Å². The molecule has 0 aliphatic heterocycles. The molecule has 0 unspecified atom stereocenters. The SMILES string of the molecule is O=C(CS(=O)(=O)c1cccc2nsnc12)Nc1cccc(Cl)c1. The Labute approximate surface area is 141 Å². The van der Waals surface area contributed by atoms with Crippen molar-refractivity contribution in [3.8, 4) is 0 Å². The molecule has 1 heterocycles. The van der Waals surface area contributed by atoms with Gasteiger partial charge in [0.05, 0.1) is 16.6 Å². The second-order valence-electron chi connectivity index (χ2n) is 4.71. The van der Waals surface area contributed by atoms with Gasteiger partial charge in [0.15, 0.2) is 9.84 Å². The standard InChI is InChI=1S/C14H10ClN3O3S2/c15-9-3-1-4-10(7-9)16-13(19)8-23(20,21)12-6-2-5-11-14(12)18-22-17-11/h1-7H,8H2,(H,16,19). The normalized spacial score (nSPS) is 11.5. The molecule has 0 fully saturated rings. The number of sulfone groups is 1. The van der Waals surface area contributed by atoms with Gasteiger partial charge in [0, 0.05) is 10.7 Å². The molecule has 2 aromatic carbocycles. The maximum absolute atomic E-state index is 12.5. The average Bonchev–Trinajstić information content (AvgIpc) is 2.94. The van der Waals surface area contributed by atoms with Crippen LogP contribution in [0.4, 0.5) is 5.69 Å². The van der Waals surface area contributed by atoms with Gasteiger partial charge in [0.1, 0.15) is 16.8 Å². The summed E-state index contributed by atoms with van der Waals surface area (Å²) < 4.78 is 32.9. The Morgan fingerprint density at radius 1 is 1.17 bits per heavy atom. The van der Waals surface area contributed by atoms with E-state index < -0.39 is 21.5 Å². The molecule has 0 atom stereocenters. The van der Waals surface area contributed by atoms with Crippen LogP contribution in [-0.4, -0.2) is 28.8 Å². The van der Waals surface area contributed by atoms with Crippen LogP contribution in [0.25, 0.3) is 11.0 Å². The summed E-state index contributed by atoms with van der Waals surface area (Å²) in [5, 5.41) is 2.96. The van der Waals surface area contributed by atoms with Gasteiger partial charge in [-0.3, -0.25) is 4.79 Å².